The van der Waals surface area contributed by atoms with Crippen molar-refractivity contribution in [1.82, 2.24) is 0 Å². The van der Waals surface area contributed by atoms with E-state index in [-0.39, 0.29) is 10.6 Å². The second kappa shape index (κ2) is 3.42. The minimum Gasteiger partial charge on any atom is -0.258 e. The first-order chi connectivity index (χ1) is 8.15. The van der Waals surface area contributed by atoms with E-state index in [4.69, 9.17) is 0 Å². The highest BCUT2D eigenvalue weighted by atomic mass is 16.6. The average Bonchev–Trinajstić information content (AvgIpc) is 2.66. The lowest BCUT2D eigenvalue weighted by Crippen LogP contribution is -1.89. The maximum absolute atomic E-state index is 10.7. The van der Waals surface area contributed by atoms with Gasteiger partial charge < -0.3 is 0 Å². The molecule has 0 aromatic heterocycles. The van der Waals surface area contributed by atoms with Gasteiger partial charge in [0.05, 0.1) is 4.92 Å². The number of non-ortho nitro benzene ring substituents is 1. The topological polar surface area (TPSA) is 43.1 Å². The van der Waals surface area contributed by atoms with Crippen molar-refractivity contribution in [2.75, 3.05) is 0 Å². The van der Waals surface area contributed by atoms with Crippen LogP contribution in [-0.4, -0.2) is 4.92 Å². The van der Waals surface area contributed by atoms with Crippen molar-refractivity contribution in [2.24, 2.45) is 0 Å². The second-order valence-electron chi connectivity index (χ2n) is 4.44. The van der Waals surface area contributed by atoms with Crippen molar-refractivity contribution in [2.45, 2.75) is 13.3 Å². The summed E-state index contributed by atoms with van der Waals surface area (Å²) in [4.78, 5) is 10.4. The number of rotatable bonds is 1. The highest BCUT2D eigenvalue weighted by Crippen LogP contribution is 2.38. The van der Waals surface area contributed by atoms with E-state index < -0.39 is 0 Å². The number of nitro groups is 1. The molecule has 3 rings (SSSR count). The molecule has 0 saturated heterocycles. The molecule has 84 valence electrons. The van der Waals surface area contributed by atoms with Crippen LogP contribution in [-0.2, 0) is 6.42 Å². The number of nitro benzene ring substituents is 1. The molecule has 0 bridgehead atoms. The molecule has 0 saturated carbocycles. The van der Waals surface area contributed by atoms with E-state index in [9.17, 15) is 10.1 Å². The van der Waals surface area contributed by atoms with Crippen molar-refractivity contribution in [3.05, 3.63) is 63.2 Å². The normalized spacial score (nSPS) is 12.1. The first-order valence-electron chi connectivity index (χ1n) is 5.52. The van der Waals surface area contributed by atoms with Gasteiger partial charge in [-0.05, 0) is 41.7 Å². The Morgan fingerprint density at radius 2 is 1.88 bits per heavy atom. The molecular formula is C14H11NO2. The third-order valence-corrected chi connectivity index (χ3v) is 3.24. The highest BCUT2D eigenvalue weighted by Gasteiger charge is 2.20. The third kappa shape index (κ3) is 1.51. The van der Waals surface area contributed by atoms with Crippen molar-refractivity contribution >= 4 is 5.69 Å². The van der Waals surface area contributed by atoms with E-state index in [2.05, 4.69) is 25.1 Å². The van der Waals surface area contributed by atoms with Gasteiger partial charge in [-0.2, -0.15) is 0 Å². The van der Waals surface area contributed by atoms with Crippen molar-refractivity contribution in [3.63, 3.8) is 0 Å². The molecule has 1 aliphatic rings. The Labute approximate surface area is 98.9 Å². The van der Waals surface area contributed by atoms with Crippen LogP contribution in [0.2, 0.25) is 0 Å². The van der Waals surface area contributed by atoms with Gasteiger partial charge in [0.2, 0.25) is 0 Å². The molecule has 0 fully saturated rings. The van der Waals surface area contributed by atoms with E-state index in [0.717, 1.165) is 17.5 Å². The van der Waals surface area contributed by atoms with Gasteiger partial charge in [0, 0.05) is 12.1 Å². The largest absolute Gasteiger partial charge is 0.269 e. The molecule has 1 aliphatic carbocycles. The molecule has 3 nitrogen and oxygen atoms in total. The van der Waals surface area contributed by atoms with Gasteiger partial charge in [-0.15, -0.1) is 0 Å². The molecular weight excluding hydrogens is 214 g/mol. The maximum atomic E-state index is 10.7. The predicted molar refractivity (Wildman–Crippen MR) is 66.1 cm³/mol. The molecule has 2 aromatic carbocycles. The van der Waals surface area contributed by atoms with Crippen LogP contribution in [0.15, 0.2) is 36.4 Å². The Bertz CT molecular complexity index is 632. The van der Waals surface area contributed by atoms with E-state index in [0.29, 0.717) is 0 Å². The van der Waals surface area contributed by atoms with Crippen LogP contribution in [0.4, 0.5) is 5.69 Å². The van der Waals surface area contributed by atoms with Crippen LogP contribution < -0.4 is 0 Å². The summed E-state index contributed by atoms with van der Waals surface area (Å²) >= 11 is 0. The smallest absolute Gasteiger partial charge is 0.258 e. The Kier molecular flexibility index (Phi) is 2.01. The fraction of sp³-hybridized carbons (Fsp3) is 0.143. The first kappa shape index (κ1) is 10.0. The zero-order chi connectivity index (χ0) is 12.0. The molecule has 17 heavy (non-hydrogen) atoms. The quantitative estimate of drug-likeness (QED) is 0.470. The Morgan fingerprint density at radius 1 is 1.06 bits per heavy atom. The van der Waals surface area contributed by atoms with Crippen LogP contribution in [0, 0.1) is 17.0 Å². The summed E-state index contributed by atoms with van der Waals surface area (Å²) in [6.07, 6.45) is 0.798. The van der Waals surface area contributed by atoms with Gasteiger partial charge in [-0.1, -0.05) is 23.8 Å². The summed E-state index contributed by atoms with van der Waals surface area (Å²) in [6.45, 7) is 2.06. The van der Waals surface area contributed by atoms with Gasteiger partial charge in [0.1, 0.15) is 0 Å². The monoisotopic (exact) mass is 225 g/mol. The Hall–Kier alpha value is -2.16. The van der Waals surface area contributed by atoms with E-state index in [1.54, 1.807) is 12.1 Å². The standard InChI is InChI=1S/C14H11NO2/c1-9-2-3-10-7-11-8-12(15(16)17)4-5-13(11)14(10)6-9/h2-6,8H,7H2,1H3. The fourth-order valence-electron chi connectivity index (χ4n) is 2.40. The lowest BCUT2D eigenvalue weighted by atomic mass is 10.0. The molecule has 0 radical (unpaired) electrons. The van der Waals surface area contributed by atoms with Gasteiger partial charge in [0.25, 0.3) is 5.69 Å². The maximum Gasteiger partial charge on any atom is 0.269 e. The number of fused-ring (bicyclic) bond motifs is 3. The van der Waals surface area contributed by atoms with Crippen molar-refractivity contribution in [1.29, 1.82) is 0 Å². The van der Waals surface area contributed by atoms with Crippen LogP contribution in [0.3, 0.4) is 0 Å². The van der Waals surface area contributed by atoms with E-state index in [1.807, 2.05) is 6.07 Å². The molecule has 0 unspecified atom stereocenters. The third-order valence-electron chi connectivity index (χ3n) is 3.24. The number of hydrogen-bond acceptors (Lipinski definition) is 2. The Morgan fingerprint density at radius 3 is 2.65 bits per heavy atom. The second-order valence-corrected chi connectivity index (χ2v) is 4.44. The highest BCUT2D eigenvalue weighted by molar-refractivity contribution is 5.78. The van der Waals surface area contributed by atoms with E-state index >= 15 is 0 Å². The predicted octanol–water partition coefficient (Wildman–Crippen LogP) is 3.47. The zero-order valence-electron chi connectivity index (χ0n) is 9.43. The minimum absolute atomic E-state index is 0.174. The lowest BCUT2D eigenvalue weighted by Gasteiger charge is -2.01. The number of benzene rings is 2. The summed E-state index contributed by atoms with van der Waals surface area (Å²) in [5, 5.41) is 10.7. The molecule has 0 N–H and O–H groups in total. The lowest BCUT2D eigenvalue weighted by molar-refractivity contribution is -0.384. The molecule has 0 aliphatic heterocycles. The molecule has 0 amide bonds. The summed E-state index contributed by atoms with van der Waals surface area (Å²) in [6, 6.07) is 11.5. The molecule has 0 spiro atoms. The fourth-order valence-corrected chi connectivity index (χ4v) is 2.40. The molecule has 0 atom stereocenters. The summed E-state index contributed by atoms with van der Waals surface area (Å²) in [5.74, 6) is 0. The van der Waals surface area contributed by atoms with Gasteiger partial charge >= 0.3 is 0 Å². The SMILES string of the molecule is Cc1ccc2c(c1)-c1ccc([N+](=O)[O-])cc1C2. The molecule has 3 heteroatoms. The molecule has 2 aromatic rings. The van der Waals surface area contributed by atoms with Gasteiger partial charge in [0.15, 0.2) is 0 Å². The van der Waals surface area contributed by atoms with E-state index in [1.165, 1.54) is 16.7 Å². The summed E-state index contributed by atoms with van der Waals surface area (Å²) in [5.41, 5.74) is 6.05. The van der Waals surface area contributed by atoms with Crippen LogP contribution in [0.5, 0.6) is 0 Å². The average molecular weight is 225 g/mol. The summed E-state index contributed by atoms with van der Waals surface area (Å²) < 4.78 is 0. The zero-order valence-corrected chi connectivity index (χ0v) is 9.43. The van der Waals surface area contributed by atoms with Crippen molar-refractivity contribution in [3.8, 4) is 11.1 Å². The van der Waals surface area contributed by atoms with Crippen LogP contribution in [0.25, 0.3) is 11.1 Å². The van der Waals surface area contributed by atoms with Gasteiger partial charge in [-0.3, -0.25) is 10.1 Å². The van der Waals surface area contributed by atoms with Crippen LogP contribution >= 0.6 is 0 Å². The number of nitrogens with zero attached hydrogens (tertiary/aromatic N) is 1. The van der Waals surface area contributed by atoms with Crippen molar-refractivity contribution < 1.29 is 4.92 Å². The molecule has 0 heterocycles. The van der Waals surface area contributed by atoms with Crippen LogP contribution in [0.1, 0.15) is 16.7 Å². The van der Waals surface area contributed by atoms with Gasteiger partial charge in [-0.25, -0.2) is 0 Å². The summed E-state index contributed by atoms with van der Waals surface area (Å²) in [7, 11) is 0. The number of hydrogen-bond donors (Lipinski definition) is 0. The Balaban J connectivity index is 2.17. The first-order valence-corrected chi connectivity index (χ1v) is 5.52. The minimum atomic E-state index is -0.339. The number of aryl methyl sites for hydroxylation is 1.